The van der Waals surface area contributed by atoms with Crippen LogP contribution in [0.2, 0.25) is 0 Å². The van der Waals surface area contributed by atoms with E-state index in [-0.39, 0.29) is 12.7 Å². The number of unbranched alkanes of at least 4 members (excludes halogenated alkanes) is 3. The molecule has 0 aromatic heterocycles. The van der Waals surface area contributed by atoms with Crippen molar-refractivity contribution in [3.05, 3.63) is 23.8 Å². The second kappa shape index (κ2) is 7.68. The molecule has 2 heterocycles. The van der Waals surface area contributed by atoms with Crippen molar-refractivity contribution in [1.82, 2.24) is 9.80 Å². The summed E-state index contributed by atoms with van der Waals surface area (Å²) in [5.41, 5.74) is 0.686. The van der Waals surface area contributed by atoms with Crippen LogP contribution in [-0.2, 0) is 0 Å². The van der Waals surface area contributed by atoms with Crippen LogP contribution >= 0.6 is 0 Å². The van der Waals surface area contributed by atoms with E-state index in [1.165, 1.54) is 25.7 Å². The van der Waals surface area contributed by atoms with Gasteiger partial charge in [0.05, 0.1) is 0 Å². The number of hydrogen-bond acceptors (Lipinski definition) is 4. The molecule has 23 heavy (non-hydrogen) atoms. The number of hydrogen-bond donors (Lipinski definition) is 0. The van der Waals surface area contributed by atoms with E-state index in [1.807, 2.05) is 17.0 Å². The van der Waals surface area contributed by atoms with Gasteiger partial charge in [-0.05, 0) is 31.2 Å². The highest BCUT2D eigenvalue weighted by atomic mass is 16.7. The summed E-state index contributed by atoms with van der Waals surface area (Å²) in [4.78, 5) is 17.0. The fourth-order valence-electron chi connectivity index (χ4n) is 3.15. The van der Waals surface area contributed by atoms with Gasteiger partial charge in [0.2, 0.25) is 6.79 Å². The summed E-state index contributed by atoms with van der Waals surface area (Å²) >= 11 is 0. The number of rotatable bonds is 6. The van der Waals surface area contributed by atoms with Crippen molar-refractivity contribution in [3.8, 4) is 11.5 Å². The number of fused-ring (bicyclic) bond motifs is 1. The minimum Gasteiger partial charge on any atom is -0.454 e. The number of piperazine rings is 1. The first kappa shape index (κ1) is 16.1. The van der Waals surface area contributed by atoms with Crippen LogP contribution in [0.1, 0.15) is 43.0 Å². The molecule has 2 aliphatic heterocycles. The van der Waals surface area contributed by atoms with Crippen LogP contribution in [0.4, 0.5) is 0 Å². The van der Waals surface area contributed by atoms with Crippen LogP contribution in [0.15, 0.2) is 18.2 Å². The van der Waals surface area contributed by atoms with Crippen molar-refractivity contribution >= 4 is 5.91 Å². The Labute approximate surface area is 138 Å². The molecule has 1 amide bonds. The average Bonchev–Trinajstić information content (AvgIpc) is 3.06. The first-order chi connectivity index (χ1) is 11.3. The van der Waals surface area contributed by atoms with E-state index in [1.54, 1.807) is 6.07 Å². The van der Waals surface area contributed by atoms with Gasteiger partial charge in [-0.2, -0.15) is 0 Å². The maximum atomic E-state index is 12.6. The monoisotopic (exact) mass is 318 g/mol. The van der Waals surface area contributed by atoms with Gasteiger partial charge in [-0.15, -0.1) is 0 Å². The molecule has 0 bridgehead atoms. The predicted molar refractivity (Wildman–Crippen MR) is 89.1 cm³/mol. The fraction of sp³-hybridized carbons (Fsp3) is 0.611. The minimum absolute atomic E-state index is 0.0916. The number of carbonyl (C=O) groups excluding carboxylic acids is 1. The van der Waals surface area contributed by atoms with Crippen molar-refractivity contribution in [2.24, 2.45) is 0 Å². The third-order valence-corrected chi connectivity index (χ3v) is 4.61. The van der Waals surface area contributed by atoms with Gasteiger partial charge in [-0.3, -0.25) is 9.69 Å². The van der Waals surface area contributed by atoms with E-state index in [4.69, 9.17) is 9.47 Å². The molecule has 0 atom stereocenters. The van der Waals surface area contributed by atoms with Crippen LogP contribution in [0.3, 0.4) is 0 Å². The zero-order valence-corrected chi connectivity index (χ0v) is 13.9. The lowest BCUT2D eigenvalue weighted by Crippen LogP contribution is -2.48. The average molecular weight is 318 g/mol. The molecule has 0 aliphatic carbocycles. The third kappa shape index (κ3) is 3.96. The Balaban J connectivity index is 1.48. The Kier molecular flexibility index (Phi) is 5.39. The van der Waals surface area contributed by atoms with Crippen LogP contribution in [0.25, 0.3) is 0 Å². The predicted octanol–water partition coefficient (Wildman–Crippen LogP) is 2.75. The molecule has 0 unspecified atom stereocenters. The summed E-state index contributed by atoms with van der Waals surface area (Å²) in [6, 6.07) is 5.44. The van der Waals surface area contributed by atoms with Crippen LogP contribution < -0.4 is 9.47 Å². The highest BCUT2D eigenvalue weighted by Gasteiger charge is 2.23. The van der Waals surface area contributed by atoms with Gasteiger partial charge in [0, 0.05) is 31.7 Å². The molecule has 2 aliphatic rings. The molecule has 0 radical (unpaired) electrons. The van der Waals surface area contributed by atoms with Crippen molar-refractivity contribution in [1.29, 1.82) is 0 Å². The van der Waals surface area contributed by atoms with Crippen molar-refractivity contribution in [2.75, 3.05) is 39.5 Å². The molecular formula is C18H26N2O3. The van der Waals surface area contributed by atoms with Gasteiger partial charge in [0.1, 0.15) is 0 Å². The molecule has 0 spiro atoms. The molecule has 1 fully saturated rings. The zero-order valence-electron chi connectivity index (χ0n) is 13.9. The highest BCUT2D eigenvalue weighted by molar-refractivity contribution is 5.95. The van der Waals surface area contributed by atoms with E-state index in [0.717, 1.165) is 38.5 Å². The smallest absolute Gasteiger partial charge is 0.254 e. The fourth-order valence-corrected chi connectivity index (χ4v) is 3.15. The minimum atomic E-state index is 0.0916. The number of carbonyl (C=O) groups is 1. The summed E-state index contributed by atoms with van der Waals surface area (Å²) < 4.78 is 10.7. The van der Waals surface area contributed by atoms with Crippen LogP contribution in [0.5, 0.6) is 11.5 Å². The molecule has 1 saturated heterocycles. The van der Waals surface area contributed by atoms with Gasteiger partial charge in [-0.1, -0.05) is 26.2 Å². The maximum Gasteiger partial charge on any atom is 0.254 e. The second-order valence-electron chi connectivity index (χ2n) is 6.26. The summed E-state index contributed by atoms with van der Waals surface area (Å²) in [5.74, 6) is 1.48. The van der Waals surface area contributed by atoms with Crippen LogP contribution in [-0.4, -0.2) is 55.2 Å². The van der Waals surface area contributed by atoms with Gasteiger partial charge < -0.3 is 14.4 Å². The first-order valence-electron chi connectivity index (χ1n) is 8.69. The number of amides is 1. The Hall–Kier alpha value is -1.75. The molecule has 1 aromatic rings. The Bertz CT molecular complexity index is 539. The molecule has 5 nitrogen and oxygen atoms in total. The summed E-state index contributed by atoms with van der Waals surface area (Å²) in [5, 5.41) is 0. The van der Waals surface area contributed by atoms with E-state index in [2.05, 4.69) is 11.8 Å². The van der Waals surface area contributed by atoms with Gasteiger partial charge in [-0.25, -0.2) is 0 Å². The third-order valence-electron chi connectivity index (χ3n) is 4.61. The Morgan fingerprint density at radius 2 is 1.83 bits per heavy atom. The maximum absolute atomic E-state index is 12.6. The lowest BCUT2D eigenvalue weighted by Gasteiger charge is -2.34. The number of ether oxygens (including phenoxy) is 2. The molecule has 3 rings (SSSR count). The van der Waals surface area contributed by atoms with Crippen molar-refractivity contribution in [3.63, 3.8) is 0 Å². The summed E-state index contributed by atoms with van der Waals surface area (Å²) in [6.07, 6.45) is 5.18. The quantitative estimate of drug-likeness (QED) is 0.756. The molecule has 0 N–H and O–H groups in total. The Morgan fingerprint density at radius 1 is 1.04 bits per heavy atom. The highest BCUT2D eigenvalue weighted by Crippen LogP contribution is 2.32. The molecule has 1 aromatic carbocycles. The summed E-state index contributed by atoms with van der Waals surface area (Å²) in [6.45, 7) is 7.20. The summed E-state index contributed by atoms with van der Waals surface area (Å²) in [7, 11) is 0. The standard InChI is InChI=1S/C18H26N2O3/c1-2-3-4-5-8-19-9-11-20(12-10-19)18(21)15-6-7-16-17(13-15)23-14-22-16/h6-7,13H,2-5,8-12,14H2,1H3. The van der Waals surface area contributed by atoms with Gasteiger partial charge >= 0.3 is 0 Å². The molecule has 126 valence electrons. The number of benzene rings is 1. The zero-order chi connectivity index (χ0) is 16.1. The van der Waals surface area contributed by atoms with Crippen LogP contribution in [0, 0.1) is 0 Å². The molecule has 0 saturated carbocycles. The van der Waals surface area contributed by atoms with E-state index in [9.17, 15) is 4.79 Å². The second-order valence-corrected chi connectivity index (χ2v) is 6.26. The largest absolute Gasteiger partial charge is 0.454 e. The van der Waals surface area contributed by atoms with Gasteiger partial charge in [0.25, 0.3) is 5.91 Å². The first-order valence-corrected chi connectivity index (χ1v) is 8.69. The van der Waals surface area contributed by atoms with Crippen molar-refractivity contribution in [2.45, 2.75) is 32.6 Å². The lowest BCUT2D eigenvalue weighted by atomic mass is 10.1. The molecular weight excluding hydrogens is 292 g/mol. The van der Waals surface area contributed by atoms with Gasteiger partial charge in [0.15, 0.2) is 11.5 Å². The van der Waals surface area contributed by atoms with E-state index >= 15 is 0 Å². The van der Waals surface area contributed by atoms with E-state index in [0.29, 0.717) is 11.3 Å². The Morgan fingerprint density at radius 3 is 2.61 bits per heavy atom. The van der Waals surface area contributed by atoms with E-state index < -0.39 is 0 Å². The normalized spacial score (nSPS) is 17.5. The SMILES string of the molecule is CCCCCCN1CCN(C(=O)c2ccc3c(c2)OCO3)CC1. The van der Waals surface area contributed by atoms with Crippen molar-refractivity contribution < 1.29 is 14.3 Å². The molecule has 5 heteroatoms. The lowest BCUT2D eigenvalue weighted by molar-refractivity contribution is 0.0635. The topological polar surface area (TPSA) is 42.0 Å². The number of nitrogens with zero attached hydrogens (tertiary/aromatic N) is 2.